The van der Waals surface area contributed by atoms with Gasteiger partial charge in [-0.15, -0.1) is 0 Å². The minimum atomic E-state index is -0.573. The molecule has 0 aliphatic carbocycles. The SMILES string of the molecule is Cc1ccc(C(C)(C)NC(=O)c2ccc3oc(=O)[nH]c3c2)cn1. The number of nitrogens with zero attached hydrogens (tertiary/aromatic N) is 1. The first kappa shape index (κ1) is 15.0. The minimum Gasteiger partial charge on any atom is -0.408 e. The molecule has 0 radical (unpaired) electrons. The van der Waals surface area contributed by atoms with Gasteiger partial charge in [-0.3, -0.25) is 14.8 Å². The maximum atomic E-state index is 12.5. The van der Waals surface area contributed by atoms with Crippen LogP contribution < -0.4 is 11.1 Å². The smallest absolute Gasteiger partial charge is 0.408 e. The van der Waals surface area contributed by atoms with E-state index in [1.54, 1.807) is 24.4 Å². The van der Waals surface area contributed by atoms with Crippen molar-refractivity contribution < 1.29 is 9.21 Å². The van der Waals surface area contributed by atoms with E-state index >= 15 is 0 Å². The summed E-state index contributed by atoms with van der Waals surface area (Å²) in [6, 6.07) is 8.67. The molecule has 0 saturated heterocycles. The quantitative estimate of drug-likeness (QED) is 0.778. The molecule has 0 spiro atoms. The van der Waals surface area contributed by atoms with Gasteiger partial charge in [0, 0.05) is 17.5 Å². The van der Waals surface area contributed by atoms with Crippen LogP contribution in [0.15, 0.2) is 45.7 Å². The molecular weight excluding hydrogens is 294 g/mol. The molecule has 1 aromatic carbocycles. The molecule has 2 N–H and O–H groups in total. The number of hydrogen-bond donors (Lipinski definition) is 2. The molecule has 0 saturated carbocycles. The molecule has 0 aliphatic heterocycles. The average Bonchev–Trinajstić information content (AvgIpc) is 2.86. The van der Waals surface area contributed by atoms with Crippen molar-refractivity contribution >= 4 is 17.0 Å². The molecule has 1 amide bonds. The molecular formula is C17H17N3O3. The van der Waals surface area contributed by atoms with E-state index in [0.717, 1.165) is 11.3 Å². The number of aromatic nitrogens is 2. The highest BCUT2D eigenvalue weighted by atomic mass is 16.4. The minimum absolute atomic E-state index is 0.237. The van der Waals surface area contributed by atoms with Gasteiger partial charge in [0.1, 0.15) is 0 Å². The van der Waals surface area contributed by atoms with Gasteiger partial charge in [-0.1, -0.05) is 6.07 Å². The van der Waals surface area contributed by atoms with Crippen LogP contribution in [0.5, 0.6) is 0 Å². The van der Waals surface area contributed by atoms with Crippen LogP contribution in [-0.2, 0) is 5.54 Å². The number of oxazole rings is 1. The van der Waals surface area contributed by atoms with Crippen molar-refractivity contribution in [3.8, 4) is 0 Å². The third kappa shape index (κ3) is 3.01. The number of hydrogen-bond acceptors (Lipinski definition) is 4. The lowest BCUT2D eigenvalue weighted by Crippen LogP contribution is -2.41. The van der Waals surface area contributed by atoms with Crippen LogP contribution in [0.1, 0.15) is 35.5 Å². The van der Waals surface area contributed by atoms with Crippen molar-refractivity contribution in [3.05, 3.63) is 63.9 Å². The number of nitrogens with one attached hydrogen (secondary N) is 2. The molecule has 118 valence electrons. The number of H-pyrrole nitrogens is 1. The number of benzene rings is 1. The van der Waals surface area contributed by atoms with Gasteiger partial charge in [-0.2, -0.15) is 0 Å². The van der Waals surface area contributed by atoms with E-state index in [0.29, 0.717) is 16.7 Å². The Morgan fingerprint density at radius 3 is 2.74 bits per heavy atom. The number of aryl methyl sites for hydroxylation is 1. The first-order chi connectivity index (χ1) is 10.8. The van der Waals surface area contributed by atoms with Gasteiger partial charge in [0.15, 0.2) is 5.58 Å². The van der Waals surface area contributed by atoms with Crippen LogP contribution in [0.25, 0.3) is 11.1 Å². The molecule has 0 fully saturated rings. The number of carbonyl (C=O) groups is 1. The molecule has 2 aromatic heterocycles. The Kier molecular flexibility index (Phi) is 3.52. The van der Waals surface area contributed by atoms with Gasteiger partial charge < -0.3 is 9.73 Å². The second-order valence-electron chi connectivity index (χ2n) is 5.99. The summed E-state index contributed by atoms with van der Waals surface area (Å²) in [5.41, 5.74) is 2.63. The molecule has 3 rings (SSSR count). The highest BCUT2D eigenvalue weighted by Crippen LogP contribution is 2.20. The predicted molar refractivity (Wildman–Crippen MR) is 86.3 cm³/mol. The Morgan fingerprint density at radius 1 is 1.26 bits per heavy atom. The van der Waals surface area contributed by atoms with Gasteiger partial charge >= 0.3 is 5.76 Å². The van der Waals surface area contributed by atoms with Crippen molar-refractivity contribution in [3.63, 3.8) is 0 Å². The molecule has 2 heterocycles. The maximum absolute atomic E-state index is 12.5. The first-order valence-corrected chi connectivity index (χ1v) is 7.24. The molecule has 23 heavy (non-hydrogen) atoms. The largest absolute Gasteiger partial charge is 0.417 e. The Hall–Kier alpha value is -2.89. The fourth-order valence-corrected chi connectivity index (χ4v) is 2.36. The summed E-state index contributed by atoms with van der Waals surface area (Å²) < 4.78 is 4.93. The molecule has 0 atom stereocenters. The zero-order valence-electron chi connectivity index (χ0n) is 13.1. The van der Waals surface area contributed by atoms with Crippen LogP contribution in [0.2, 0.25) is 0 Å². The van der Waals surface area contributed by atoms with E-state index in [4.69, 9.17) is 4.42 Å². The summed E-state index contributed by atoms with van der Waals surface area (Å²) in [7, 11) is 0. The molecule has 0 bridgehead atoms. The highest BCUT2D eigenvalue weighted by molar-refractivity contribution is 5.97. The topological polar surface area (TPSA) is 88.0 Å². The second-order valence-corrected chi connectivity index (χ2v) is 5.99. The predicted octanol–water partition coefficient (Wildman–Crippen LogP) is 2.49. The number of rotatable bonds is 3. The van der Waals surface area contributed by atoms with E-state index < -0.39 is 11.3 Å². The third-order valence-electron chi connectivity index (χ3n) is 3.74. The van der Waals surface area contributed by atoms with Gasteiger partial charge in [0.2, 0.25) is 0 Å². The van der Waals surface area contributed by atoms with E-state index in [2.05, 4.69) is 15.3 Å². The Balaban J connectivity index is 1.86. The first-order valence-electron chi connectivity index (χ1n) is 7.24. The zero-order valence-corrected chi connectivity index (χ0v) is 13.1. The van der Waals surface area contributed by atoms with Crippen molar-refractivity contribution in [1.82, 2.24) is 15.3 Å². The average molecular weight is 311 g/mol. The second kappa shape index (κ2) is 5.39. The lowest BCUT2D eigenvalue weighted by Gasteiger charge is -2.26. The molecule has 0 aliphatic rings. The lowest BCUT2D eigenvalue weighted by atomic mass is 9.95. The lowest BCUT2D eigenvalue weighted by molar-refractivity contribution is 0.0912. The Morgan fingerprint density at radius 2 is 2.04 bits per heavy atom. The van der Waals surface area contributed by atoms with Crippen LogP contribution in [0.3, 0.4) is 0 Å². The number of carbonyl (C=O) groups excluding carboxylic acids is 1. The third-order valence-corrected chi connectivity index (χ3v) is 3.74. The monoisotopic (exact) mass is 311 g/mol. The fourth-order valence-electron chi connectivity index (χ4n) is 2.36. The molecule has 6 heteroatoms. The van der Waals surface area contributed by atoms with Gasteiger partial charge in [0.25, 0.3) is 5.91 Å². The maximum Gasteiger partial charge on any atom is 0.417 e. The van der Waals surface area contributed by atoms with Crippen LogP contribution in [0.4, 0.5) is 0 Å². The Bertz CT molecular complexity index is 920. The molecule has 3 aromatic rings. The van der Waals surface area contributed by atoms with Crippen molar-refractivity contribution in [2.75, 3.05) is 0 Å². The highest BCUT2D eigenvalue weighted by Gasteiger charge is 2.24. The fraction of sp³-hybridized carbons (Fsp3) is 0.235. The van der Waals surface area contributed by atoms with E-state index in [1.807, 2.05) is 32.9 Å². The zero-order chi connectivity index (χ0) is 16.6. The van der Waals surface area contributed by atoms with E-state index in [-0.39, 0.29) is 5.91 Å². The van der Waals surface area contributed by atoms with Gasteiger partial charge in [-0.05, 0) is 50.6 Å². The summed E-state index contributed by atoms with van der Waals surface area (Å²) in [6.07, 6.45) is 1.76. The van der Waals surface area contributed by atoms with Crippen molar-refractivity contribution in [2.24, 2.45) is 0 Å². The molecule has 6 nitrogen and oxygen atoms in total. The summed E-state index contributed by atoms with van der Waals surface area (Å²) in [5.74, 6) is -0.775. The van der Waals surface area contributed by atoms with E-state index in [1.165, 1.54) is 0 Å². The number of fused-ring (bicyclic) bond motifs is 1. The normalized spacial score (nSPS) is 11.6. The number of amides is 1. The van der Waals surface area contributed by atoms with Crippen LogP contribution >= 0.6 is 0 Å². The summed E-state index contributed by atoms with van der Waals surface area (Å²) in [4.78, 5) is 30.5. The number of pyridine rings is 1. The summed E-state index contributed by atoms with van der Waals surface area (Å²) in [6.45, 7) is 5.74. The van der Waals surface area contributed by atoms with Crippen molar-refractivity contribution in [1.29, 1.82) is 0 Å². The summed E-state index contributed by atoms with van der Waals surface area (Å²) in [5, 5.41) is 2.98. The van der Waals surface area contributed by atoms with Gasteiger partial charge in [0.05, 0.1) is 11.1 Å². The van der Waals surface area contributed by atoms with E-state index in [9.17, 15) is 9.59 Å². The molecule has 0 unspecified atom stereocenters. The summed E-state index contributed by atoms with van der Waals surface area (Å²) >= 11 is 0. The van der Waals surface area contributed by atoms with Crippen LogP contribution in [0, 0.1) is 6.92 Å². The number of aromatic amines is 1. The van der Waals surface area contributed by atoms with Gasteiger partial charge in [-0.25, -0.2) is 4.79 Å². The van der Waals surface area contributed by atoms with Crippen LogP contribution in [-0.4, -0.2) is 15.9 Å². The van der Waals surface area contributed by atoms with Crippen molar-refractivity contribution in [2.45, 2.75) is 26.3 Å². The standard InChI is InChI=1S/C17H17N3O3/c1-10-4-6-12(9-18-10)17(2,3)20-15(21)11-5-7-14-13(8-11)19-16(22)23-14/h4-9H,1-3H3,(H,19,22)(H,20,21). The Labute approximate surface area is 132 Å².